The third-order valence-corrected chi connectivity index (χ3v) is 5.22. The number of ether oxygens (including phenoxy) is 2. The Kier molecular flexibility index (Phi) is 6.12. The highest BCUT2D eigenvalue weighted by atomic mass is 16.6. The lowest BCUT2D eigenvalue weighted by Gasteiger charge is -2.36. The number of fused-ring (bicyclic) bond motifs is 1. The summed E-state index contributed by atoms with van der Waals surface area (Å²) in [4.78, 5) is 29.5. The minimum Gasteiger partial charge on any atom is -0.494 e. The summed E-state index contributed by atoms with van der Waals surface area (Å²) in [5.41, 5.74) is 2.31. The van der Waals surface area contributed by atoms with E-state index >= 15 is 0 Å². The van der Waals surface area contributed by atoms with Crippen molar-refractivity contribution < 1.29 is 14.3 Å². The number of hydrogen-bond donors (Lipinski definition) is 0. The number of piperazine rings is 1. The molecule has 0 bridgehead atoms. The number of carbonyl (C=O) groups is 1. The average molecular weight is 436 g/mol. The molecule has 1 saturated heterocycles. The molecule has 4 rings (SSSR count). The fourth-order valence-corrected chi connectivity index (χ4v) is 3.72. The molecule has 2 aromatic heterocycles. The minimum absolute atomic E-state index is 0.260. The van der Waals surface area contributed by atoms with Crippen LogP contribution in [0.15, 0.2) is 43.0 Å². The second kappa shape index (κ2) is 8.98. The van der Waals surface area contributed by atoms with Crippen LogP contribution in [0.1, 0.15) is 27.7 Å². The van der Waals surface area contributed by atoms with Crippen molar-refractivity contribution in [2.75, 3.05) is 37.7 Å². The largest absolute Gasteiger partial charge is 0.494 e. The van der Waals surface area contributed by atoms with Crippen molar-refractivity contribution in [2.45, 2.75) is 33.3 Å². The average Bonchev–Trinajstić information content (AvgIpc) is 2.78. The fourth-order valence-electron chi connectivity index (χ4n) is 3.72. The van der Waals surface area contributed by atoms with E-state index in [-0.39, 0.29) is 6.09 Å². The molecule has 1 amide bonds. The predicted molar refractivity (Wildman–Crippen MR) is 124 cm³/mol. The van der Waals surface area contributed by atoms with Crippen molar-refractivity contribution in [3.63, 3.8) is 0 Å². The maximum atomic E-state index is 12.3. The van der Waals surface area contributed by atoms with E-state index in [2.05, 4.69) is 20.9 Å². The van der Waals surface area contributed by atoms with Crippen LogP contribution in [0.25, 0.3) is 22.0 Å². The molecule has 0 atom stereocenters. The van der Waals surface area contributed by atoms with Crippen molar-refractivity contribution in [3.05, 3.63) is 43.0 Å². The van der Waals surface area contributed by atoms with Gasteiger partial charge in [0.05, 0.1) is 12.1 Å². The molecule has 0 radical (unpaired) electrons. The molecule has 8 nitrogen and oxygen atoms in total. The van der Waals surface area contributed by atoms with Gasteiger partial charge >= 0.3 is 6.09 Å². The lowest BCUT2D eigenvalue weighted by molar-refractivity contribution is 0.0240. The summed E-state index contributed by atoms with van der Waals surface area (Å²) in [5, 5.41) is 0.955. The van der Waals surface area contributed by atoms with Gasteiger partial charge in [-0.25, -0.2) is 19.7 Å². The highest BCUT2D eigenvalue weighted by Crippen LogP contribution is 2.32. The van der Waals surface area contributed by atoms with Crippen LogP contribution in [0.2, 0.25) is 0 Å². The van der Waals surface area contributed by atoms with Crippen LogP contribution < -0.4 is 9.64 Å². The van der Waals surface area contributed by atoms with Crippen molar-refractivity contribution in [3.8, 4) is 16.9 Å². The Morgan fingerprint density at radius 2 is 1.84 bits per heavy atom. The summed E-state index contributed by atoms with van der Waals surface area (Å²) < 4.78 is 11.2. The van der Waals surface area contributed by atoms with Gasteiger partial charge in [0, 0.05) is 55.6 Å². The Morgan fingerprint density at radius 1 is 1.06 bits per heavy atom. The summed E-state index contributed by atoms with van der Waals surface area (Å²) in [5.74, 6) is 1.66. The molecule has 1 aromatic carbocycles. The first kappa shape index (κ1) is 21.8. The van der Waals surface area contributed by atoms with Gasteiger partial charge in [-0.3, -0.25) is 0 Å². The van der Waals surface area contributed by atoms with E-state index in [1.165, 1.54) is 0 Å². The zero-order valence-corrected chi connectivity index (χ0v) is 19.0. The smallest absolute Gasteiger partial charge is 0.410 e. The molecule has 1 aliphatic heterocycles. The Hall–Kier alpha value is -3.42. The molecule has 0 aliphatic carbocycles. The highest BCUT2D eigenvalue weighted by molar-refractivity contribution is 5.95. The molecule has 3 aromatic rings. The lowest BCUT2D eigenvalue weighted by atomic mass is 10.0. The Balaban J connectivity index is 1.49. The first-order valence-electron chi connectivity index (χ1n) is 10.9. The molecular weight excluding hydrogens is 406 g/mol. The van der Waals surface area contributed by atoms with Crippen LogP contribution in [0.3, 0.4) is 0 Å². The topological polar surface area (TPSA) is 80.7 Å². The molecule has 168 valence electrons. The first-order valence-corrected chi connectivity index (χ1v) is 10.9. The van der Waals surface area contributed by atoms with Crippen LogP contribution in [-0.4, -0.2) is 64.3 Å². The Labute approximate surface area is 188 Å². The first-order chi connectivity index (χ1) is 15.3. The number of pyridine rings is 1. The van der Waals surface area contributed by atoms with Crippen LogP contribution in [0, 0.1) is 0 Å². The second-order valence-electron chi connectivity index (χ2n) is 8.72. The van der Waals surface area contributed by atoms with E-state index in [0.29, 0.717) is 32.8 Å². The summed E-state index contributed by atoms with van der Waals surface area (Å²) in [7, 11) is 0. The van der Waals surface area contributed by atoms with E-state index in [9.17, 15) is 4.79 Å². The lowest BCUT2D eigenvalue weighted by Crippen LogP contribution is -2.50. The van der Waals surface area contributed by atoms with Crippen LogP contribution in [0.5, 0.6) is 5.75 Å². The predicted octanol–water partition coefficient (Wildman–Crippen LogP) is 4.15. The van der Waals surface area contributed by atoms with Gasteiger partial charge in [0.15, 0.2) is 0 Å². The van der Waals surface area contributed by atoms with E-state index in [4.69, 9.17) is 14.5 Å². The quantitative estimate of drug-likeness (QED) is 0.609. The molecule has 32 heavy (non-hydrogen) atoms. The summed E-state index contributed by atoms with van der Waals surface area (Å²) in [6.45, 7) is 10.8. The number of aromatic nitrogens is 3. The Morgan fingerprint density at radius 3 is 2.50 bits per heavy atom. The molecule has 1 fully saturated rings. The van der Waals surface area contributed by atoms with Crippen LogP contribution >= 0.6 is 0 Å². The SMILES string of the molecule is CCOc1cc(-c2ccc(N3CCN(C(=O)OC(C)(C)C)CC3)nc2)c2cncnc2c1. The van der Waals surface area contributed by atoms with E-state index < -0.39 is 5.60 Å². The number of carbonyl (C=O) groups excluding carboxylic acids is 1. The monoisotopic (exact) mass is 435 g/mol. The summed E-state index contributed by atoms with van der Waals surface area (Å²) in [6.07, 6.45) is 4.97. The fraction of sp³-hybridized carbons (Fsp3) is 0.417. The number of hydrogen-bond acceptors (Lipinski definition) is 7. The molecule has 1 aliphatic rings. The normalized spacial score (nSPS) is 14.5. The zero-order chi connectivity index (χ0) is 22.7. The molecule has 0 saturated carbocycles. The third kappa shape index (κ3) is 4.90. The molecular formula is C24H29N5O3. The van der Waals surface area contributed by atoms with Crippen molar-refractivity contribution >= 4 is 22.8 Å². The molecule has 8 heteroatoms. The summed E-state index contributed by atoms with van der Waals surface area (Å²) >= 11 is 0. The number of nitrogens with zero attached hydrogens (tertiary/aromatic N) is 5. The standard InChI is InChI=1S/C24H29N5O3/c1-5-31-18-12-19(20-15-25-16-27-21(20)13-18)17-6-7-22(26-14-17)28-8-10-29(11-9-28)23(30)32-24(2,3)4/h6-7,12-16H,5,8-11H2,1-4H3. The van der Waals surface area contributed by atoms with Crippen LogP contribution in [-0.2, 0) is 4.74 Å². The number of anilines is 1. The van der Waals surface area contributed by atoms with Gasteiger partial charge in [-0.15, -0.1) is 0 Å². The maximum Gasteiger partial charge on any atom is 0.410 e. The number of amides is 1. The molecule has 0 unspecified atom stereocenters. The van der Waals surface area contributed by atoms with Gasteiger partial charge in [-0.2, -0.15) is 0 Å². The van der Waals surface area contributed by atoms with Crippen molar-refractivity contribution in [1.29, 1.82) is 0 Å². The second-order valence-corrected chi connectivity index (χ2v) is 8.72. The highest BCUT2D eigenvalue weighted by Gasteiger charge is 2.26. The van der Waals surface area contributed by atoms with Gasteiger partial charge in [0.2, 0.25) is 0 Å². The zero-order valence-electron chi connectivity index (χ0n) is 19.0. The van der Waals surface area contributed by atoms with Crippen molar-refractivity contribution in [2.24, 2.45) is 0 Å². The van der Waals surface area contributed by atoms with Gasteiger partial charge < -0.3 is 19.3 Å². The van der Waals surface area contributed by atoms with E-state index in [1.807, 2.05) is 58.3 Å². The molecule has 0 N–H and O–H groups in total. The number of benzene rings is 1. The number of rotatable bonds is 4. The van der Waals surface area contributed by atoms with Gasteiger partial charge in [-0.05, 0) is 51.5 Å². The molecule has 3 heterocycles. The van der Waals surface area contributed by atoms with Gasteiger partial charge in [0.1, 0.15) is 23.5 Å². The van der Waals surface area contributed by atoms with Crippen LogP contribution in [0.4, 0.5) is 10.6 Å². The Bertz CT molecular complexity index is 1090. The maximum absolute atomic E-state index is 12.3. The van der Waals surface area contributed by atoms with Crippen molar-refractivity contribution in [1.82, 2.24) is 19.9 Å². The minimum atomic E-state index is -0.486. The van der Waals surface area contributed by atoms with E-state index in [0.717, 1.165) is 33.6 Å². The van der Waals surface area contributed by atoms with Gasteiger partial charge in [0.25, 0.3) is 0 Å². The van der Waals surface area contributed by atoms with Gasteiger partial charge in [-0.1, -0.05) is 0 Å². The van der Waals surface area contributed by atoms with E-state index in [1.54, 1.807) is 11.2 Å². The molecule has 0 spiro atoms. The summed E-state index contributed by atoms with van der Waals surface area (Å²) in [6, 6.07) is 8.00. The third-order valence-electron chi connectivity index (χ3n) is 5.22.